The normalized spacial score (nSPS) is 14.6. The van der Waals surface area contributed by atoms with Crippen LogP contribution in [-0.2, 0) is 9.84 Å². The molecule has 102 valence electrons. The zero-order valence-electron chi connectivity index (χ0n) is 11.2. The number of hydrogen-bond acceptors (Lipinski definition) is 3. The first-order chi connectivity index (χ1) is 8.04. The van der Waals surface area contributed by atoms with Crippen LogP contribution >= 0.6 is 0 Å². The molecule has 0 saturated carbocycles. The Bertz CT molecular complexity index is 532. The fourth-order valence-electron chi connectivity index (χ4n) is 1.54. The van der Waals surface area contributed by atoms with Gasteiger partial charge in [0.05, 0.1) is 10.6 Å². The topological polar surface area (TPSA) is 60.2 Å². The van der Waals surface area contributed by atoms with Gasteiger partial charge in [0.15, 0.2) is 9.84 Å². The van der Waals surface area contributed by atoms with E-state index in [4.69, 9.17) is 5.73 Å². The van der Waals surface area contributed by atoms with Crippen molar-refractivity contribution in [2.24, 2.45) is 11.1 Å². The molecule has 0 saturated heterocycles. The highest BCUT2D eigenvalue weighted by Gasteiger charge is 2.28. The maximum atomic E-state index is 13.0. The number of hydrogen-bond donors (Lipinski definition) is 1. The van der Waals surface area contributed by atoms with Crippen LogP contribution < -0.4 is 5.73 Å². The third-order valence-electron chi connectivity index (χ3n) is 2.98. The minimum absolute atomic E-state index is 0.136. The van der Waals surface area contributed by atoms with E-state index in [-0.39, 0.29) is 16.1 Å². The molecule has 0 aromatic heterocycles. The number of halogens is 1. The van der Waals surface area contributed by atoms with Gasteiger partial charge in [-0.15, -0.1) is 0 Å². The molecule has 0 fully saturated rings. The molecule has 1 aromatic rings. The van der Waals surface area contributed by atoms with Crippen molar-refractivity contribution in [3.05, 3.63) is 29.6 Å². The van der Waals surface area contributed by atoms with Crippen molar-refractivity contribution in [1.29, 1.82) is 0 Å². The molecule has 0 bridgehead atoms. The average Bonchev–Trinajstić information content (AvgIpc) is 2.14. The molecule has 0 heterocycles. The van der Waals surface area contributed by atoms with E-state index in [1.807, 2.05) is 20.8 Å². The maximum absolute atomic E-state index is 13.0. The summed E-state index contributed by atoms with van der Waals surface area (Å²) in [7, 11) is -3.48. The van der Waals surface area contributed by atoms with E-state index in [1.165, 1.54) is 12.1 Å². The maximum Gasteiger partial charge on any atom is 0.180 e. The first kappa shape index (κ1) is 15.1. The highest BCUT2D eigenvalue weighted by Crippen LogP contribution is 2.23. The van der Waals surface area contributed by atoms with Gasteiger partial charge in [0.25, 0.3) is 0 Å². The molecule has 0 aliphatic carbocycles. The summed E-state index contributed by atoms with van der Waals surface area (Å²) < 4.78 is 37.4. The van der Waals surface area contributed by atoms with Gasteiger partial charge in [0.2, 0.25) is 0 Å². The summed E-state index contributed by atoms with van der Waals surface area (Å²) in [5, 5.41) is 0. The van der Waals surface area contributed by atoms with Gasteiger partial charge in [-0.05, 0) is 36.1 Å². The van der Waals surface area contributed by atoms with E-state index in [9.17, 15) is 12.8 Å². The van der Waals surface area contributed by atoms with Gasteiger partial charge in [-0.1, -0.05) is 20.8 Å². The molecule has 0 aliphatic heterocycles. The second kappa shape index (κ2) is 4.97. The van der Waals surface area contributed by atoms with E-state index < -0.39 is 21.7 Å². The van der Waals surface area contributed by atoms with Crippen molar-refractivity contribution in [3.63, 3.8) is 0 Å². The molecule has 1 unspecified atom stereocenters. The van der Waals surface area contributed by atoms with Crippen molar-refractivity contribution in [2.75, 3.05) is 5.75 Å². The number of sulfone groups is 1. The molecule has 0 spiro atoms. The Morgan fingerprint density at radius 1 is 1.33 bits per heavy atom. The lowest BCUT2D eigenvalue weighted by molar-refractivity contribution is 0.340. The van der Waals surface area contributed by atoms with Gasteiger partial charge >= 0.3 is 0 Å². The van der Waals surface area contributed by atoms with Crippen molar-refractivity contribution < 1.29 is 12.8 Å². The van der Waals surface area contributed by atoms with Gasteiger partial charge in [-0.25, -0.2) is 12.8 Å². The quantitative estimate of drug-likeness (QED) is 0.859. The van der Waals surface area contributed by atoms with Gasteiger partial charge < -0.3 is 5.73 Å². The summed E-state index contributed by atoms with van der Waals surface area (Å²) >= 11 is 0. The van der Waals surface area contributed by atoms with Crippen molar-refractivity contribution in [2.45, 2.75) is 38.6 Å². The van der Waals surface area contributed by atoms with Crippen LogP contribution in [0.15, 0.2) is 23.1 Å². The van der Waals surface area contributed by atoms with Gasteiger partial charge in [0, 0.05) is 6.04 Å². The van der Waals surface area contributed by atoms with Crippen molar-refractivity contribution in [1.82, 2.24) is 0 Å². The minimum Gasteiger partial charge on any atom is -0.326 e. The smallest absolute Gasteiger partial charge is 0.180 e. The number of benzene rings is 1. The fraction of sp³-hybridized carbons (Fsp3) is 0.538. The van der Waals surface area contributed by atoms with E-state index >= 15 is 0 Å². The van der Waals surface area contributed by atoms with Gasteiger partial charge in [0.1, 0.15) is 5.82 Å². The van der Waals surface area contributed by atoms with Crippen LogP contribution in [0.1, 0.15) is 26.3 Å². The number of nitrogens with two attached hydrogens (primary N) is 1. The monoisotopic (exact) mass is 273 g/mol. The Morgan fingerprint density at radius 2 is 1.89 bits per heavy atom. The van der Waals surface area contributed by atoms with Crippen molar-refractivity contribution in [3.8, 4) is 0 Å². The molecule has 1 rings (SSSR count). The number of aryl methyl sites for hydroxylation is 1. The highest BCUT2D eigenvalue weighted by atomic mass is 32.2. The lowest BCUT2D eigenvalue weighted by atomic mass is 9.89. The molecule has 1 atom stereocenters. The summed E-state index contributed by atoms with van der Waals surface area (Å²) in [5.74, 6) is -0.574. The zero-order chi connectivity index (χ0) is 14.1. The predicted molar refractivity (Wildman–Crippen MR) is 70.6 cm³/mol. The van der Waals surface area contributed by atoms with E-state index in [0.717, 1.165) is 6.07 Å². The molecular formula is C13H20FNO2S. The van der Waals surface area contributed by atoms with Crippen LogP contribution in [0.5, 0.6) is 0 Å². The Balaban J connectivity index is 3.08. The summed E-state index contributed by atoms with van der Waals surface area (Å²) in [6, 6.07) is 3.21. The van der Waals surface area contributed by atoms with Crippen LogP contribution in [0, 0.1) is 18.2 Å². The molecule has 0 radical (unpaired) electrons. The van der Waals surface area contributed by atoms with E-state index in [1.54, 1.807) is 6.92 Å². The van der Waals surface area contributed by atoms with Gasteiger partial charge in [-0.3, -0.25) is 0 Å². The standard InChI is InChI=1S/C13H20FNO2S/c1-9-7-10(14)5-6-11(9)18(16,17)8-12(15)13(2,3)4/h5-7,12H,8,15H2,1-4H3. The van der Waals surface area contributed by atoms with Gasteiger partial charge in [-0.2, -0.15) is 0 Å². The first-order valence-electron chi connectivity index (χ1n) is 5.78. The predicted octanol–water partition coefficient (Wildman–Crippen LogP) is 2.28. The van der Waals surface area contributed by atoms with Crippen LogP contribution in [0.25, 0.3) is 0 Å². The average molecular weight is 273 g/mol. The zero-order valence-corrected chi connectivity index (χ0v) is 12.0. The van der Waals surface area contributed by atoms with Crippen LogP contribution in [0.2, 0.25) is 0 Å². The molecule has 2 N–H and O–H groups in total. The van der Waals surface area contributed by atoms with Crippen molar-refractivity contribution >= 4 is 9.84 Å². The summed E-state index contributed by atoms with van der Waals surface area (Å²) in [6.45, 7) is 7.26. The molecule has 0 amide bonds. The minimum atomic E-state index is -3.48. The molecule has 5 heteroatoms. The second-order valence-corrected chi connectivity index (χ2v) is 7.67. The SMILES string of the molecule is Cc1cc(F)ccc1S(=O)(=O)CC(N)C(C)(C)C. The summed E-state index contributed by atoms with van der Waals surface area (Å²) in [4.78, 5) is 0.156. The van der Waals surface area contributed by atoms with Crippen LogP contribution in [0.3, 0.4) is 0 Å². The largest absolute Gasteiger partial charge is 0.326 e. The number of rotatable bonds is 3. The van der Waals surface area contributed by atoms with Crippen LogP contribution in [-0.4, -0.2) is 20.2 Å². The Morgan fingerprint density at radius 3 is 2.33 bits per heavy atom. The van der Waals surface area contributed by atoms with Crippen LogP contribution in [0.4, 0.5) is 4.39 Å². The molecule has 0 aliphatic rings. The van der Waals surface area contributed by atoms with E-state index in [0.29, 0.717) is 5.56 Å². The lowest BCUT2D eigenvalue weighted by Crippen LogP contribution is -2.41. The Hall–Kier alpha value is -0.940. The molecule has 18 heavy (non-hydrogen) atoms. The summed E-state index contributed by atoms with van der Waals surface area (Å²) in [5.41, 5.74) is 6.02. The Kier molecular flexibility index (Phi) is 4.18. The third kappa shape index (κ3) is 3.53. The second-order valence-electron chi connectivity index (χ2n) is 5.66. The fourth-order valence-corrected chi connectivity index (χ4v) is 3.52. The lowest BCUT2D eigenvalue weighted by Gasteiger charge is -2.26. The Labute approximate surface area is 108 Å². The summed E-state index contributed by atoms with van der Waals surface area (Å²) in [6.07, 6.45) is 0. The molecule has 1 aromatic carbocycles. The third-order valence-corrected chi connectivity index (χ3v) is 4.91. The molecular weight excluding hydrogens is 253 g/mol. The highest BCUT2D eigenvalue weighted by molar-refractivity contribution is 7.91. The van der Waals surface area contributed by atoms with E-state index in [2.05, 4.69) is 0 Å². The molecule has 3 nitrogen and oxygen atoms in total. The first-order valence-corrected chi connectivity index (χ1v) is 7.44.